The van der Waals surface area contributed by atoms with Crippen molar-refractivity contribution in [3.8, 4) is 11.4 Å². The molecule has 6 heteroatoms. The molecule has 0 amide bonds. The molecule has 44 heavy (non-hydrogen) atoms. The number of hydrogen-bond donors (Lipinski definition) is 0. The van der Waals surface area contributed by atoms with Crippen LogP contribution in [0.15, 0.2) is 122 Å². The average molecular weight is 571 g/mol. The first kappa shape index (κ1) is 25.2. The first-order valence-electron chi connectivity index (χ1n) is 15.4. The summed E-state index contributed by atoms with van der Waals surface area (Å²) in [6.45, 7) is 0. The Balaban J connectivity index is 1.14. The number of aromatic nitrogens is 6. The fourth-order valence-corrected chi connectivity index (χ4v) is 7.73. The normalized spacial score (nSPS) is 15.0. The molecule has 0 N–H and O–H groups in total. The van der Waals surface area contributed by atoms with E-state index in [2.05, 4.69) is 102 Å². The van der Waals surface area contributed by atoms with Crippen molar-refractivity contribution < 1.29 is 0 Å². The van der Waals surface area contributed by atoms with Gasteiger partial charge in [-0.25, -0.2) is 0 Å². The van der Waals surface area contributed by atoms with Gasteiger partial charge < -0.3 is 9.13 Å². The van der Waals surface area contributed by atoms with Crippen LogP contribution in [0.4, 0.5) is 0 Å². The highest BCUT2D eigenvalue weighted by Crippen LogP contribution is 2.46. The van der Waals surface area contributed by atoms with E-state index in [4.69, 9.17) is 0 Å². The summed E-state index contributed by atoms with van der Waals surface area (Å²) in [5, 5.41) is 4.50. The monoisotopic (exact) mass is 570 g/mol. The third kappa shape index (κ3) is 3.67. The van der Waals surface area contributed by atoms with Crippen LogP contribution in [0.2, 0.25) is 0 Å². The van der Waals surface area contributed by atoms with Crippen LogP contribution in [0.3, 0.4) is 0 Å². The first-order chi connectivity index (χ1) is 21.8. The van der Waals surface area contributed by atoms with E-state index in [0.29, 0.717) is 0 Å². The van der Waals surface area contributed by atoms with E-state index < -0.39 is 0 Å². The van der Waals surface area contributed by atoms with E-state index in [1.165, 1.54) is 30.4 Å². The van der Waals surface area contributed by atoms with Gasteiger partial charge in [0.2, 0.25) is 0 Å². The Morgan fingerprint density at radius 3 is 1.09 bits per heavy atom. The lowest BCUT2D eigenvalue weighted by Crippen LogP contribution is -2.30. The minimum absolute atomic E-state index is 0.00135. The lowest BCUT2D eigenvalue weighted by Gasteiger charge is -2.39. The quantitative estimate of drug-likeness (QED) is 0.212. The Morgan fingerprint density at radius 1 is 0.409 bits per heavy atom. The average Bonchev–Trinajstić information content (AvgIpc) is 3.62. The topological polar surface area (TPSA) is 61.4 Å². The molecular weight excluding hydrogens is 540 g/mol. The van der Waals surface area contributed by atoms with Gasteiger partial charge in [-0.05, 0) is 72.5 Å². The molecule has 1 aliphatic rings. The molecule has 0 unspecified atom stereocenters. The van der Waals surface area contributed by atoms with Crippen LogP contribution in [0.25, 0.3) is 55.0 Å². The van der Waals surface area contributed by atoms with Crippen LogP contribution in [0.5, 0.6) is 0 Å². The molecule has 1 aliphatic carbocycles. The molecule has 212 valence electrons. The zero-order valence-corrected chi connectivity index (χ0v) is 24.3. The van der Waals surface area contributed by atoms with Gasteiger partial charge in [-0.3, -0.25) is 19.9 Å². The molecule has 1 fully saturated rings. The molecule has 9 rings (SSSR count). The molecule has 0 aliphatic heterocycles. The van der Waals surface area contributed by atoms with Gasteiger partial charge in [0.1, 0.15) is 0 Å². The van der Waals surface area contributed by atoms with Crippen LogP contribution in [-0.2, 0) is 5.41 Å². The highest BCUT2D eigenvalue weighted by atomic mass is 15.0. The van der Waals surface area contributed by atoms with E-state index in [1.54, 1.807) is 0 Å². The molecule has 0 spiro atoms. The summed E-state index contributed by atoms with van der Waals surface area (Å²) in [6, 6.07) is 27.0. The maximum Gasteiger partial charge on any atom is 0.0572 e. The third-order valence-corrected chi connectivity index (χ3v) is 9.80. The van der Waals surface area contributed by atoms with E-state index in [0.717, 1.165) is 67.8 Å². The molecule has 6 heterocycles. The van der Waals surface area contributed by atoms with Crippen LogP contribution in [0.1, 0.15) is 43.2 Å². The summed E-state index contributed by atoms with van der Waals surface area (Å²) >= 11 is 0. The summed E-state index contributed by atoms with van der Waals surface area (Å²) in [4.78, 5) is 17.6. The number of fused-ring (bicyclic) bond motifs is 6. The Morgan fingerprint density at radius 2 is 0.750 bits per heavy atom. The Kier molecular flexibility index (Phi) is 5.63. The summed E-state index contributed by atoms with van der Waals surface area (Å²) in [6.07, 6.45) is 21.3. The SMILES string of the molecule is c1cc2c(cn1)c1cnccc1n2-c1ccc(C2(c3ccc(-n4c5ccncc5c5cnccc54)cc3)CCCCC2)cc1. The van der Waals surface area contributed by atoms with Crippen molar-refractivity contribution in [2.75, 3.05) is 0 Å². The molecule has 6 nitrogen and oxygen atoms in total. The number of pyridine rings is 4. The zero-order valence-electron chi connectivity index (χ0n) is 24.3. The summed E-state index contributed by atoms with van der Waals surface area (Å²) in [5.41, 5.74) is 9.69. The molecule has 0 saturated heterocycles. The van der Waals surface area contributed by atoms with Gasteiger partial charge in [0.15, 0.2) is 0 Å². The summed E-state index contributed by atoms with van der Waals surface area (Å²) in [7, 11) is 0. The molecule has 0 radical (unpaired) electrons. The summed E-state index contributed by atoms with van der Waals surface area (Å²) < 4.78 is 4.66. The van der Waals surface area contributed by atoms with Crippen molar-refractivity contribution in [2.45, 2.75) is 37.5 Å². The van der Waals surface area contributed by atoms with Crippen molar-refractivity contribution in [3.63, 3.8) is 0 Å². The van der Waals surface area contributed by atoms with E-state index in [1.807, 2.05) is 49.6 Å². The molecule has 0 bridgehead atoms. The Bertz CT molecular complexity index is 2040. The lowest BCUT2D eigenvalue weighted by atomic mass is 9.65. The van der Waals surface area contributed by atoms with Crippen molar-refractivity contribution in [3.05, 3.63) is 133 Å². The second kappa shape index (κ2) is 9.85. The third-order valence-electron chi connectivity index (χ3n) is 9.80. The lowest BCUT2D eigenvalue weighted by molar-refractivity contribution is 0.346. The van der Waals surface area contributed by atoms with Gasteiger partial charge in [-0.1, -0.05) is 43.5 Å². The van der Waals surface area contributed by atoms with E-state index in [9.17, 15) is 0 Å². The van der Waals surface area contributed by atoms with E-state index in [-0.39, 0.29) is 5.41 Å². The smallest absolute Gasteiger partial charge is 0.0572 e. The van der Waals surface area contributed by atoms with Gasteiger partial charge >= 0.3 is 0 Å². The second-order valence-corrected chi connectivity index (χ2v) is 12.0. The van der Waals surface area contributed by atoms with Crippen molar-refractivity contribution in [1.29, 1.82) is 0 Å². The maximum atomic E-state index is 4.39. The largest absolute Gasteiger partial charge is 0.309 e. The van der Waals surface area contributed by atoms with Crippen LogP contribution in [-0.4, -0.2) is 29.1 Å². The number of nitrogens with zero attached hydrogens (tertiary/aromatic N) is 6. The predicted octanol–water partition coefficient (Wildman–Crippen LogP) is 8.71. The molecule has 6 aromatic heterocycles. The minimum Gasteiger partial charge on any atom is -0.309 e. The fraction of sp³-hybridized carbons (Fsp3) is 0.158. The van der Waals surface area contributed by atoms with Gasteiger partial charge in [0.05, 0.1) is 22.1 Å². The Labute approximate surface area is 254 Å². The maximum absolute atomic E-state index is 4.39. The molecule has 8 aromatic rings. The Hall–Kier alpha value is -5.36. The second-order valence-electron chi connectivity index (χ2n) is 12.0. The van der Waals surface area contributed by atoms with Crippen molar-refractivity contribution in [2.24, 2.45) is 0 Å². The van der Waals surface area contributed by atoms with Gasteiger partial charge in [0, 0.05) is 87.9 Å². The molecular formula is C38H30N6. The fourth-order valence-electron chi connectivity index (χ4n) is 7.73. The highest BCUT2D eigenvalue weighted by molar-refractivity contribution is 6.09. The zero-order chi connectivity index (χ0) is 29.1. The molecule has 1 saturated carbocycles. The van der Waals surface area contributed by atoms with Crippen LogP contribution < -0.4 is 0 Å². The van der Waals surface area contributed by atoms with Gasteiger partial charge in [0.25, 0.3) is 0 Å². The van der Waals surface area contributed by atoms with Gasteiger partial charge in [-0.2, -0.15) is 0 Å². The molecule has 0 atom stereocenters. The van der Waals surface area contributed by atoms with Crippen LogP contribution in [0, 0.1) is 0 Å². The van der Waals surface area contributed by atoms with Crippen molar-refractivity contribution >= 4 is 43.6 Å². The first-order valence-corrected chi connectivity index (χ1v) is 15.4. The number of benzene rings is 2. The summed E-state index contributed by atoms with van der Waals surface area (Å²) in [5.74, 6) is 0. The van der Waals surface area contributed by atoms with E-state index >= 15 is 0 Å². The number of hydrogen-bond acceptors (Lipinski definition) is 4. The number of rotatable bonds is 4. The van der Waals surface area contributed by atoms with Gasteiger partial charge in [-0.15, -0.1) is 0 Å². The standard InChI is InChI=1S/C38H30N6/c1-2-16-38(17-3-1,26-4-8-28(9-5-26)43-34-12-18-39-22-30(34)31-23-40-19-13-35(31)43)27-6-10-29(11-7-27)44-36-14-20-41-24-32(36)33-25-42-21-15-37(33)44/h4-15,18-25H,1-3,16-17H2. The van der Waals surface area contributed by atoms with Crippen molar-refractivity contribution in [1.82, 2.24) is 29.1 Å². The molecule has 2 aromatic carbocycles. The van der Waals surface area contributed by atoms with Crippen LogP contribution >= 0.6 is 0 Å². The highest BCUT2D eigenvalue weighted by Gasteiger charge is 2.35. The predicted molar refractivity (Wildman–Crippen MR) is 177 cm³/mol. The minimum atomic E-state index is -0.00135.